The Bertz CT molecular complexity index is 544. The number of hydrogen-bond donors (Lipinski definition) is 1. The quantitative estimate of drug-likeness (QED) is 0.611. The van der Waals surface area contributed by atoms with E-state index in [0.29, 0.717) is 25.0 Å². The zero-order chi connectivity index (χ0) is 17.6. The van der Waals surface area contributed by atoms with Crippen molar-refractivity contribution in [1.82, 2.24) is 0 Å². The Morgan fingerprint density at radius 2 is 2.04 bits per heavy atom. The second-order valence-electron chi connectivity index (χ2n) is 8.94. The average molecular weight is 350 g/mol. The van der Waals surface area contributed by atoms with Crippen LogP contribution in [-0.4, -0.2) is 51.7 Å². The van der Waals surface area contributed by atoms with Gasteiger partial charge in [-0.25, -0.2) is 0 Å². The molecule has 4 rings (SSSR count). The van der Waals surface area contributed by atoms with Gasteiger partial charge in [0.1, 0.15) is 18.6 Å². The highest BCUT2D eigenvalue weighted by atomic mass is 16.7. The van der Waals surface area contributed by atoms with Gasteiger partial charge in [-0.2, -0.15) is 0 Å². The molecule has 140 valence electrons. The molecular formula is C20H32NO4+. The summed E-state index contributed by atoms with van der Waals surface area (Å²) in [5.74, 6) is 0.920. The van der Waals surface area contributed by atoms with Crippen LogP contribution in [-0.2, 0) is 19.0 Å². The number of hydrogen-bond acceptors (Lipinski definition) is 4. The number of allylic oxidation sites excluding steroid dienone is 1. The van der Waals surface area contributed by atoms with E-state index in [1.807, 2.05) is 0 Å². The van der Waals surface area contributed by atoms with Gasteiger partial charge < -0.3 is 19.1 Å². The molecule has 1 N–H and O–H groups in total. The molecule has 2 aliphatic heterocycles. The fourth-order valence-electron chi connectivity index (χ4n) is 5.76. The van der Waals surface area contributed by atoms with E-state index in [1.54, 1.807) is 0 Å². The van der Waals surface area contributed by atoms with Gasteiger partial charge in [0.15, 0.2) is 0 Å². The molecule has 5 nitrogen and oxygen atoms in total. The van der Waals surface area contributed by atoms with Crippen molar-refractivity contribution in [3.8, 4) is 0 Å². The first kappa shape index (κ1) is 17.5. The van der Waals surface area contributed by atoms with Crippen LogP contribution >= 0.6 is 0 Å². The number of nitrogens with one attached hydrogen (secondary N) is 1. The minimum atomic E-state index is -0.124. The Balaban J connectivity index is 1.43. The van der Waals surface area contributed by atoms with Crippen LogP contribution in [0.15, 0.2) is 12.2 Å². The molecule has 4 aliphatic rings. The van der Waals surface area contributed by atoms with E-state index in [9.17, 15) is 4.79 Å². The lowest BCUT2D eigenvalue weighted by Crippen LogP contribution is -3.11. The normalized spacial score (nSPS) is 42.8. The van der Waals surface area contributed by atoms with E-state index >= 15 is 0 Å². The van der Waals surface area contributed by atoms with Gasteiger partial charge in [-0.15, -0.1) is 0 Å². The molecule has 2 heterocycles. The predicted octanol–water partition coefficient (Wildman–Crippen LogP) is 1.19. The number of carbonyl (C=O) groups excluding carboxylic acids is 1. The maximum atomic E-state index is 12.6. The summed E-state index contributed by atoms with van der Waals surface area (Å²) in [5.41, 5.74) is 1.68. The molecule has 6 atom stereocenters. The molecule has 0 bridgehead atoms. The first-order valence-corrected chi connectivity index (χ1v) is 9.89. The van der Waals surface area contributed by atoms with E-state index < -0.39 is 0 Å². The van der Waals surface area contributed by atoms with Gasteiger partial charge in [0.2, 0.25) is 6.29 Å². The minimum absolute atomic E-state index is 0.00526. The number of likely N-dealkylation sites (N-methyl/N-ethyl adjacent to an activating group) is 1. The predicted molar refractivity (Wildman–Crippen MR) is 93.0 cm³/mol. The highest BCUT2D eigenvalue weighted by Gasteiger charge is 2.55. The number of fused-ring (bicyclic) bond motifs is 2. The van der Waals surface area contributed by atoms with Crippen LogP contribution in [0.2, 0.25) is 0 Å². The van der Waals surface area contributed by atoms with Crippen LogP contribution in [0.3, 0.4) is 0 Å². The number of ether oxygens (including phenoxy) is 3. The van der Waals surface area contributed by atoms with Gasteiger partial charge in [0.25, 0.3) is 0 Å². The van der Waals surface area contributed by atoms with Crippen molar-refractivity contribution < 1.29 is 23.9 Å². The summed E-state index contributed by atoms with van der Waals surface area (Å²) in [4.78, 5) is 13.9. The molecule has 0 aromatic carbocycles. The van der Waals surface area contributed by atoms with E-state index in [2.05, 4.69) is 20.6 Å². The lowest BCUT2D eigenvalue weighted by molar-refractivity contribution is -0.888. The summed E-state index contributed by atoms with van der Waals surface area (Å²) in [5, 5.41) is 0. The lowest BCUT2D eigenvalue weighted by atomic mass is 9.55. The van der Waals surface area contributed by atoms with Gasteiger partial charge in [-0.3, -0.25) is 4.79 Å². The summed E-state index contributed by atoms with van der Waals surface area (Å²) < 4.78 is 17.0. The van der Waals surface area contributed by atoms with E-state index in [4.69, 9.17) is 14.2 Å². The van der Waals surface area contributed by atoms with Crippen molar-refractivity contribution in [1.29, 1.82) is 0 Å². The average Bonchev–Trinajstić information content (AvgIpc) is 3.14. The van der Waals surface area contributed by atoms with Gasteiger partial charge in [0, 0.05) is 5.92 Å². The first-order valence-electron chi connectivity index (χ1n) is 9.89. The topological polar surface area (TPSA) is 49.2 Å². The lowest BCUT2D eigenvalue weighted by Gasteiger charge is -2.50. The highest BCUT2D eigenvalue weighted by Crippen LogP contribution is 2.56. The van der Waals surface area contributed by atoms with E-state index in [0.717, 1.165) is 32.4 Å². The van der Waals surface area contributed by atoms with Gasteiger partial charge in [-0.1, -0.05) is 19.1 Å². The molecule has 0 aromatic rings. The SMILES string of the molecule is C=C1CCC[C@]2(C)C[C@H]3OC(=O)[C@H](C[NH+](C)CC4OCCO4)[C@H]3C[C@@H]12. The van der Waals surface area contributed by atoms with E-state index in [-0.39, 0.29) is 29.7 Å². The monoisotopic (exact) mass is 350 g/mol. The summed E-state index contributed by atoms with van der Waals surface area (Å²) in [6.07, 6.45) is 5.69. The number of rotatable bonds is 4. The second kappa shape index (κ2) is 6.67. The zero-order valence-corrected chi connectivity index (χ0v) is 15.6. The summed E-state index contributed by atoms with van der Waals surface area (Å²) in [6, 6.07) is 0. The van der Waals surface area contributed by atoms with Crippen molar-refractivity contribution in [3.63, 3.8) is 0 Å². The molecule has 0 spiro atoms. The molecule has 5 heteroatoms. The maximum absolute atomic E-state index is 12.6. The third-order valence-electron chi connectivity index (χ3n) is 7.09. The van der Waals surface area contributed by atoms with Crippen LogP contribution < -0.4 is 4.90 Å². The standard InChI is InChI=1S/C20H31NO4/c1-13-5-4-6-20(2)10-17-14(9-16(13)20)15(19(22)25-17)11-21(3)12-18-23-7-8-24-18/h14-18H,1,4-12H2,2-3H3/p+1/t14-,15-,16+,17-,20-/m1/s1. The van der Waals surface area contributed by atoms with Crippen LogP contribution in [0.1, 0.15) is 39.0 Å². The van der Waals surface area contributed by atoms with Gasteiger partial charge >= 0.3 is 5.97 Å². The number of quaternary nitrogens is 1. The fraction of sp³-hybridized carbons (Fsp3) is 0.850. The third-order valence-corrected chi connectivity index (χ3v) is 7.09. The molecule has 2 saturated heterocycles. The number of esters is 1. The molecule has 4 fully saturated rings. The number of carbonyl (C=O) groups is 1. The Hall–Kier alpha value is -0.910. The third kappa shape index (κ3) is 3.26. The fourth-order valence-corrected chi connectivity index (χ4v) is 5.76. The summed E-state index contributed by atoms with van der Waals surface area (Å²) >= 11 is 0. The van der Waals surface area contributed by atoms with Crippen LogP contribution in [0.4, 0.5) is 0 Å². The summed E-state index contributed by atoms with van der Waals surface area (Å²) in [6.45, 7) is 9.69. The Kier molecular flexibility index (Phi) is 4.67. The van der Waals surface area contributed by atoms with Crippen molar-refractivity contribution in [2.75, 3.05) is 33.4 Å². The minimum Gasteiger partial charge on any atom is -0.462 e. The van der Waals surface area contributed by atoms with Crippen LogP contribution in [0.5, 0.6) is 0 Å². The Morgan fingerprint density at radius 1 is 1.28 bits per heavy atom. The van der Waals surface area contributed by atoms with Crippen molar-refractivity contribution >= 4 is 5.97 Å². The van der Waals surface area contributed by atoms with Crippen LogP contribution in [0.25, 0.3) is 0 Å². The van der Waals surface area contributed by atoms with Crippen molar-refractivity contribution in [2.24, 2.45) is 23.2 Å². The Labute approximate surface area is 150 Å². The molecular weight excluding hydrogens is 318 g/mol. The second-order valence-corrected chi connectivity index (χ2v) is 8.94. The molecule has 0 radical (unpaired) electrons. The van der Waals surface area contributed by atoms with Gasteiger partial charge in [-0.05, 0) is 43.4 Å². The smallest absolute Gasteiger partial charge is 0.315 e. The van der Waals surface area contributed by atoms with Crippen molar-refractivity contribution in [3.05, 3.63) is 12.2 Å². The van der Waals surface area contributed by atoms with E-state index in [1.165, 1.54) is 23.3 Å². The molecule has 0 aromatic heterocycles. The molecule has 2 saturated carbocycles. The molecule has 25 heavy (non-hydrogen) atoms. The van der Waals surface area contributed by atoms with Gasteiger partial charge in [0.05, 0.1) is 26.8 Å². The molecule has 0 amide bonds. The highest BCUT2D eigenvalue weighted by molar-refractivity contribution is 5.75. The molecule has 2 aliphatic carbocycles. The zero-order valence-electron chi connectivity index (χ0n) is 15.6. The molecule has 1 unspecified atom stereocenters. The van der Waals surface area contributed by atoms with Crippen LogP contribution in [0, 0.1) is 23.2 Å². The first-order chi connectivity index (χ1) is 12.0. The summed E-state index contributed by atoms with van der Waals surface area (Å²) in [7, 11) is 2.12. The van der Waals surface area contributed by atoms with Crippen molar-refractivity contribution in [2.45, 2.75) is 51.4 Å². The maximum Gasteiger partial charge on any atom is 0.315 e. The Morgan fingerprint density at radius 3 is 2.80 bits per heavy atom. The largest absolute Gasteiger partial charge is 0.462 e.